The quantitative estimate of drug-likeness (QED) is 0.584. The molecule has 1 aromatic carbocycles. The number of hydrogen-bond donors (Lipinski definition) is 1. The number of halogens is 3. The monoisotopic (exact) mass is 337 g/mol. The second-order valence-corrected chi connectivity index (χ2v) is 4.85. The van der Waals surface area contributed by atoms with Gasteiger partial charge in [-0.3, -0.25) is 0 Å². The summed E-state index contributed by atoms with van der Waals surface area (Å²) in [5.74, 6) is -1.13. The van der Waals surface area contributed by atoms with E-state index in [1.807, 2.05) is 0 Å². The largest absolute Gasteiger partial charge is 0.382 e. The van der Waals surface area contributed by atoms with Gasteiger partial charge in [-0.1, -0.05) is 0 Å². The van der Waals surface area contributed by atoms with Crippen LogP contribution in [0, 0.1) is 11.6 Å². The van der Waals surface area contributed by atoms with Crippen LogP contribution in [0.25, 0.3) is 0 Å². The summed E-state index contributed by atoms with van der Waals surface area (Å²) in [6.45, 7) is 1.38. The van der Waals surface area contributed by atoms with Gasteiger partial charge in [0, 0.05) is 25.3 Å². The first kappa shape index (κ1) is 16.5. The van der Waals surface area contributed by atoms with E-state index in [1.165, 1.54) is 12.1 Å². The molecule has 108 valence electrons. The molecule has 1 atom stereocenters. The third-order valence-corrected chi connectivity index (χ3v) is 3.37. The maximum Gasteiger partial charge on any atom is 0.145 e. The van der Waals surface area contributed by atoms with Crippen LogP contribution in [0.2, 0.25) is 0 Å². The van der Waals surface area contributed by atoms with Crippen LogP contribution in [0.4, 0.5) is 8.78 Å². The molecule has 0 saturated carbocycles. The number of methoxy groups -OCH3 is 1. The van der Waals surface area contributed by atoms with Crippen molar-refractivity contribution in [2.75, 3.05) is 34.0 Å². The van der Waals surface area contributed by atoms with Gasteiger partial charge < -0.3 is 14.8 Å². The molecule has 0 radical (unpaired) electrons. The Labute approximate surface area is 120 Å². The van der Waals surface area contributed by atoms with Gasteiger partial charge in [0.15, 0.2) is 0 Å². The van der Waals surface area contributed by atoms with Gasteiger partial charge >= 0.3 is 0 Å². The smallest absolute Gasteiger partial charge is 0.145 e. The lowest BCUT2D eigenvalue weighted by molar-refractivity contribution is 0.0658. The first-order valence-electron chi connectivity index (χ1n) is 5.99. The van der Waals surface area contributed by atoms with Crippen molar-refractivity contribution in [2.24, 2.45) is 0 Å². The molecule has 19 heavy (non-hydrogen) atoms. The normalized spacial score (nSPS) is 12.7. The Morgan fingerprint density at radius 3 is 2.63 bits per heavy atom. The van der Waals surface area contributed by atoms with E-state index in [4.69, 9.17) is 9.47 Å². The Morgan fingerprint density at radius 1 is 1.26 bits per heavy atom. The molecular weight excluding hydrogens is 320 g/mol. The molecule has 0 heterocycles. The molecule has 1 aromatic rings. The molecule has 1 unspecified atom stereocenters. The summed E-state index contributed by atoms with van der Waals surface area (Å²) in [7, 11) is 3.26. The van der Waals surface area contributed by atoms with E-state index in [2.05, 4.69) is 21.2 Å². The average Bonchev–Trinajstić information content (AvgIpc) is 2.41. The van der Waals surface area contributed by atoms with Gasteiger partial charge in [-0.05, 0) is 41.5 Å². The summed E-state index contributed by atoms with van der Waals surface area (Å²) in [4.78, 5) is 0. The van der Waals surface area contributed by atoms with E-state index in [1.54, 1.807) is 14.2 Å². The predicted molar refractivity (Wildman–Crippen MR) is 73.2 cm³/mol. The van der Waals surface area contributed by atoms with Crippen LogP contribution < -0.4 is 5.32 Å². The standard InChI is InChI=1S/C13H18BrF2NO2/c1-17-11(5-6-19-8-7-18-2)12-10(15)4-3-9(14)13(12)16/h3-4,11,17H,5-8H2,1-2H3. The first-order valence-corrected chi connectivity index (χ1v) is 6.78. The Hall–Kier alpha value is -0.560. The lowest BCUT2D eigenvalue weighted by atomic mass is 10.0. The molecule has 0 spiro atoms. The molecular formula is C13H18BrF2NO2. The van der Waals surface area contributed by atoms with Crippen molar-refractivity contribution in [1.82, 2.24) is 5.32 Å². The van der Waals surface area contributed by atoms with Gasteiger partial charge in [0.05, 0.1) is 17.7 Å². The summed E-state index contributed by atoms with van der Waals surface area (Å²) >= 11 is 3.06. The van der Waals surface area contributed by atoms with Crippen molar-refractivity contribution < 1.29 is 18.3 Å². The second kappa shape index (κ2) is 8.58. The molecule has 0 amide bonds. The molecule has 0 aliphatic heterocycles. The molecule has 0 aliphatic rings. The summed E-state index contributed by atoms with van der Waals surface area (Å²) in [6.07, 6.45) is 0.477. The fourth-order valence-corrected chi connectivity index (χ4v) is 2.09. The molecule has 0 saturated heterocycles. The van der Waals surface area contributed by atoms with Gasteiger partial charge in [0.2, 0.25) is 0 Å². The van der Waals surface area contributed by atoms with Crippen LogP contribution >= 0.6 is 15.9 Å². The highest BCUT2D eigenvalue weighted by atomic mass is 79.9. The fraction of sp³-hybridized carbons (Fsp3) is 0.538. The molecule has 1 N–H and O–H groups in total. The molecule has 0 bridgehead atoms. The zero-order valence-corrected chi connectivity index (χ0v) is 12.6. The number of ether oxygens (including phenoxy) is 2. The van der Waals surface area contributed by atoms with E-state index in [-0.39, 0.29) is 10.0 Å². The number of rotatable bonds is 8. The third-order valence-electron chi connectivity index (χ3n) is 2.76. The van der Waals surface area contributed by atoms with Gasteiger partial charge in [-0.2, -0.15) is 0 Å². The van der Waals surface area contributed by atoms with Crippen molar-refractivity contribution in [3.8, 4) is 0 Å². The molecule has 3 nitrogen and oxygen atoms in total. The minimum absolute atomic E-state index is 0.0345. The van der Waals surface area contributed by atoms with Crippen LogP contribution in [-0.4, -0.2) is 34.0 Å². The highest BCUT2D eigenvalue weighted by Crippen LogP contribution is 2.28. The van der Waals surface area contributed by atoms with Crippen molar-refractivity contribution in [1.29, 1.82) is 0 Å². The topological polar surface area (TPSA) is 30.5 Å². The van der Waals surface area contributed by atoms with Gasteiger partial charge in [0.25, 0.3) is 0 Å². The fourth-order valence-electron chi connectivity index (χ4n) is 1.74. The van der Waals surface area contributed by atoms with Crippen molar-refractivity contribution in [3.63, 3.8) is 0 Å². The minimum atomic E-state index is -0.573. The van der Waals surface area contributed by atoms with E-state index in [9.17, 15) is 8.78 Å². The minimum Gasteiger partial charge on any atom is -0.382 e. The zero-order chi connectivity index (χ0) is 14.3. The van der Waals surface area contributed by atoms with Crippen molar-refractivity contribution in [3.05, 3.63) is 33.8 Å². The van der Waals surface area contributed by atoms with Gasteiger partial charge in [-0.25, -0.2) is 8.78 Å². The highest BCUT2D eigenvalue weighted by Gasteiger charge is 2.20. The van der Waals surface area contributed by atoms with E-state index in [0.29, 0.717) is 26.2 Å². The van der Waals surface area contributed by atoms with Gasteiger partial charge in [0.1, 0.15) is 11.6 Å². The average molecular weight is 338 g/mol. The number of nitrogens with one attached hydrogen (secondary N) is 1. The Balaban J connectivity index is 2.67. The second-order valence-electron chi connectivity index (χ2n) is 3.99. The summed E-state index contributed by atoms with van der Waals surface area (Å²) in [5.41, 5.74) is 0.0345. The van der Waals surface area contributed by atoms with Crippen molar-refractivity contribution >= 4 is 15.9 Å². The summed E-state index contributed by atoms with van der Waals surface area (Å²) < 4.78 is 38.1. The van der Waals surface area contributed by atoms with Crippen LogP contribution in [0.1, 0.15) is 18.0 Å². The highest BCUT2D eigenvalue weighted by molar-refractivity contribution is 9.10. The van der Waals surface area contributed by atoms with Gasteiger partial charge in [-0.15, -0.1) is 0 Å². The van der Waals surface area contributed by atoms with Crippen molar-refractivity contribution in [2.45, 2.75) is 12.5 Å². The number of hydrogen-bond acceptors (Lipinski definition) is 3. The number of benzene rings is 1. The van der Waals surface area contributed by atoms with E-state index >= 15 is 0 Å². The van der Waals surface area contributed by atoms with Crippen LogP contribution in [0.3, 0.4) is 0 Å². The lowest BCUT2D eigenvalue weighted by Gasteiger charge is -2.18. The molecule has 0 aromatic heterocycles. The molecule has 1 rings (SSSR count). The lowest BCUT2D eigenvalue weighted by Crippen LogP contribution is -2.21. The van der Waals surface area contributed by atoms with Crippen LogP contribution in [0.5, 0.6) is 0 Å². The maximum atomic E-state index is 13.9. The predicted octanol–water partition coefficient (Wildman–Crippen LogP) is 3.04. The van der Waals surface area contributed by atoms with Crippen LogP contribution in [0.15, 0.2) is 16.6 Å². The Kier molecular flexibility index (Phi) is 7.45. The Bertz CT molecular complexity index is 404. The zero-order valence-electron chi connectivity index (χ0n) is 11.0. The summed E-state index contributed by atoms with van der Waals surface area (Å²) in [5, 5.41) is 2.91. The maximum absolute atomic E-state index is 13.9. The van der Waals surface area contributed by atoms with Crippen LogP contribution in [-0.2, 0) is 9.47 Å². The molecule has 0 aliphatic carbocycles. The molecule has 0 fully saturated rings. The third kappa shape index (κ3) is 4.80. The molecule has 6 heteroatoms. The first-order chi connectivity index (χ1) is 9.11. The summed E-state index contributed by atoms with van der Waals surface area (Å²) in [6, 6.07) is 2.18. The van der Waals surface area contributed by atoms with E-state index in [0.717, 1.165) is 0 Å². The Morgan fingerprint density at radius 2 is 2.00 bits per heavy atom. The van der Waals surface area contributed by atoms with E-state index < -0.39 is 17.7 Å². The SMILES string of the molecule is CNC(CCOCCOC)c1c(F)ccc(Br)c1F.